The van der Waals surface area contributed by atoms with Gasteiger partial charge in [-0.1, -0.05) is 41.6 Å². The molecule has 0 aliphatic carbocycles. The highest BCUT2D eigenvalue weighted by atomic mass is 32.2. The highest BCUT2D eigenvalue weighted by molar-refractivity contribution is 7.88. The van der Waals surface area contributed by atoms with Gasteiger partial charge >= 0.3 is 0 Å². The molecule has 10 nitrogen and oxygen atoms in total. The minimum Gasteiger partial charge on any atom is -0.394 e. The van der Waals surface area contributed by atoms with Crippen molar-refractivity contribution in [1.29, 1.82) is 0 Å². The van der Waals surface area contributed by atoms with Crippen molar-refractivity contribution in [2.45, 2.75) is 12.7 Å². The molecule has 0 radical (unpaired) electrons. The fraction of sp³-hybridized carbons (Fsp3) is 0.263. The van der Waals surface area contributed by atoms with Crippen LogP contribution in [0.5, 0.6) is 0 Å². The van der Waals surface area contributed by atoms with E-state index in [1.165, 1.54) is 7.05 Å². The van der Waals surface area contributed by atoms with Crippen molar-refractivity contribution in [1.82, 2.24) is 24.5 Å². The summed E-state index contributed by atoms with van der Waals surface area (Å²) in [6.07, 6.45) is 0. The van der Waals surface area contributed by atoms with Crippen molar-refractivity contribution in [3.63, 3.8) is 0 Å². The van der Waals surface area contributed by atoms with Crippen molar-refractivity contribution in [2.75, 3.05) is 13.7 Å². The lowest BCUT2D eigenvalue weighted by atomic mass is 10.1. The third-order valence-corrected chi connectivity index (χ3v) is 5.51. The van der Waals surface area contributed by atoms with Gasteiger partial charge in [0.25, 0.3) is 0 Å². The molecule has 0 aliphatic heterocycles. The minimum absolute atomic E-state index is 0.0755. The molecule has 0 amide bonds. The van der Waals surface area contributed by atoms with Gasteiger partial charge < -0.3 is 10.6 Å². The van der Waals surface area contributed by atoms with Gasteiger partial charge in [0.05, 0.1) is 5.75 Å². The topological polar surface area (TPSA) is 137 Å². The molecule has 30 heavy (non-hydrogen) atoms. The number of hydrogen-bond acceptors (Lipinski definition) is 7. The van der Waals surface area contributed by atoms with E-state index in [1.807, 2.05) is 30.3 Å². The van der Waals surface area contributed by atoms with Crippen LogP contribution in [0, 0.1) is 0 Å². The lowest BCUT2D eigenvalue weighted by Crippen LogP contribution is -2.22. The Balaban J connectivity index is 2.14. The van der Waals surface area contributed by atoms with E-state index in [4.69, 9.17) is 10.6 Å². The molecule has 0 fully saturated rings. The van der Waals surface area contributed by atoms with Crippen LogP contribution in [0.15, 0.2) is 47.6 Å². The molecule has 3 N–H and O–H groups in total. The Kier molecular flexibility index (Phi) is 6.43. The number of sulfonamides is 1. The standard InChI is InChI=1S/C19H23N7O3S/c1-4-29-25-17(20)15-11-10-14(12-30(27,28)21-2)16(22-15)19-23-18(24-26(19)3)13-8-6-5-7-9-13/h5-11,21H,4,12H2,1-3H3,(H2,20,25). The number of nitrogens with two attached hydrogens (primary N) is 1. The third kappa shape index (κ3) is 4.81. The second-order valence-electron chi connectivity index (χ2n) is 6.31. The number of rotatable bonds is 8. The van der Waals surface area contributed by atoms with Crippen LogP contribution < -0.4 is 10.5 Å². The summed E-state index contributed by atoms with van der Waals surface area (Å²) in [6, 6.07) is 12.7. The van der Waals surface area contributed by atoms with Gasteiger partial charge in [-0.25, -0.2) is 27.8 Å². The van der Waals surface area contributed by atoms with Crippen molar-refractivity contribution in [3.05, 3.63) is 53.7 Å². The molecule has 3 rings (SSSR count). The maximum atomic E-state index is 12.2. The molecule has 2 aromatic heterocycles. The van der Waals surface area contributed by atoms with E-state index in [-0.39, 0.29) is 11.6 Å². The summed E-state index contributed by atoms with van der Waals surface area (Å²) >= 11 is 0. The summed E-state index contributed by atoms with van der Waals surface area (Å²) in [5, 5.41) is 8.26. The molecule has 1 aromatic carbocycles. The highest BCUT2D eigenvalue weighted by Crippen LogP contribution is 2.25. The van der Waals surface area contributed by atoms with E-state index >= 15 is 0 Å². The number of nitrogens with one attached hydrogen (secondary N) is 1. The number of nitrogens with zero attached hydrogens (tertiary/aromatic N) is 5. The average molecular weight is 430 g/mol. The third-order valence-electron chi connectivity index (χ3n) is 4.20. The predicted octanol–water partition coefficient (Wildman–Crippen LogP) is 1.25. The number of amidine groups is 1. The van der Waals surface area contributed by atoms with Crippen LogP contribution in [0.25, 0.3) is 22.9 Å². The molecule has 0 atom stereocenters. The fourth-order valence-electron chi connectivity index (χ4n) is 2.70. The molecule has 2 heterocycles. The van der Waals surface area contributed by atoms with E-state index < -0.39 is 10.0 Å². The Morgan fingerprint density at radius 3 is 2.60 bits per heavy atom. The first kappa shape index (κ1) is 21.4. The van der Waals surface area contributed by atoms with Crippen LogP contribution in [0.4, 0.5) is 0 Å². The SMILES string of the molecule is CCO/N=C(\N)c1ccc(CS(=O)(=O)NC)c(-c2nc(-c3ccccc3)nn2C)n1. The molecule has 3 aromatic rings. The number of pyridine rings is 1. The molecule has 0 aliphatic rings. The van der Waals surface area contributed by atoms with Crippen molar-refractivity contribution in [2.24, 2.45) is 17.9 Å². The van der Waals surface area contributed by atoms with Gasteiger partial charge in [0.2, 0.25) is 10.0 Å². The van der Waals surface area contributed by atoms with Crippen molar-refractivity contribution < 1.29 is 13.3 Å². The van der Waals surface area contributed by atoms with Gasteiger partial charge in [0.1, 0.15) is 18.0 Å². The minimum atomic E-state index is -3.54. The smallest absolute Gasteiger partial charge is 0.215 e. The fourth-order valence-corrected chi connectivity index (χ4v) is 3.49. The van der Waals surface area contributed by atoms with Crippen molar-refractivity contribution >= 4 is 15.9 Å². The zero-order chi connectivity index (χ0) is 21.7. The van der Waals surface area contributed by atoms with Gasteiger partial charge in [0, 0.05) is 12.6 Å². The Bertz CT molecular complexity index is 1160. The lowest BCUT2D eigenvalue weighted by molar-refractivity contribution is 0.158. The summed E-state index contributed by atoms with van der Waals surface area (Å²) in [5.74, 6) is 0.703. The zero-order valence-corrected chi connectivity index (χ0v) is 17.7. The molecule has 0 saturated heterocycles. The van der Waals surface area contributed by atoms with Crippen LogP contribution >= 0.6 is 0 Å². The molecule has 0 spiro atoms. The summed E-state index contributed by atoms with van der Waals surface area (Å²) in [6.45, 7) is 2.14. The van der Waals surface area contributed by atoms with Gasteiger partial charge in [0.15, 0.2) is 17.5 Å². The number of hydrogen-bond donors (Lipinski definition) is 2. The van der Waals surface area contributed by atoms with E-state index in [1.54, 1.807) is 30.8 Å². The monoisotopic (exact) mass is 429 g/mol. The van der Waals surface area contributed by atoms with Crippen LogP contribution in [0.2, 0.25) is 0 Å². The average Bonchev–Trinajstić information content (AvgIpc) is 3.14. The molecule has 0 saturated carbocycles. The highest BCUT2D eigenvalue weighted by Gasteiger charge is 2.21. The number of oxime groups is 1. The van der Waals surface area contributed by atoms with E-state index in [0.717, 1.165) is 5.56 Å². The number of aromatic nitrogens is 4. The summed E-state index contributed by atoms with van der Waals surface area (Å²) in [5.41, 5.74) is 7.92. The molecule has 0 unspecified atom stereocenters. The second kappa shape index (κ2) is 9.01. The number of benzene rings is 1. The molecular weight excluding hydrogens is 406 g/mol. The van der Waals surface area contributed by atoms with Crippen LogP contribution in [0.3, 0.4) is 0 Å². The number of aryl methyl sites for hydroxylation is 1. The predicted molar refractivity (Wildman–Crippen MR) is 114 cm³/mol. The Morgan fingerprint density at radius 1 is 1.20 bits per heavy atom. The normalized spacial score (nSPS) is 12.2. The van der Waals surface area contributed by atoms with E-state index in [2.05, 4.69) is 24.9 Å². The van der Waals surface area contributed by atoms with Crippen LogP contribution in [-0.2, 0) is 27.7 Å². The largest absolute Gasteiger partial charge is 0.394 e. The van der Waals surface area contributed by atoms with Gasteiger partial charge in [-0.3, -0.25) is 0 Å². The second-order valence-corrected chi connectivity index (χ2v) is 8.24. The lowest BCUT2D eigenvalue weighted by Gasteiger charge is -2.10. The Labute approximate surface area is 174 Å². The Hall–Kier alpha value is -3.31. The molecule has 11 heteroatoms. The van der Waals surface area contributed by atoms with Crippen molar-refractivity contribution in [3.8, 4) is 22.9 Å². The quantitative estimate of drug-likeness (QED) is 0.312. The molecule has 158 valence electrons. The Morgan fingerprint density at radius 2 is 1.93 bits per heavy atom. The molecular formula is C19H23N7O3S. The zero-order valence-electron chi connectivity index (χ0n) is 16.9. The van der Waals surface area contributed by atoms with E-state index in [9.17, 15) is 8.42 Å². The maximum absolute atomic E-state index is 12.2. The summed E-state index contributed by atoms with van der Waals surface area (Å²) < 4.78 is 28.2. The first-order valence-corrected chi connectivity index (χ1v) is 10.8. The van der Waals surface area contributed by atoms with Gasteiger partial charge in [-0.15, -0.1) is 0 Å². The van der Waals surface area contributed by atoms with Gasteiger partial charge in [-0.05, 0) is 25.6 Å². The first-order chi connectivity index (χ1) is 14.3. The van der Waals surface area contributed by atoms with Crippen LogP contribution in [0.1, 0.15) is 18.2 Å². The first-order valence-electron chi connectivity index (χ1n) is 9.18. The van der Waals surface area contributed by atoms with E-state index in [0.29, 0.717) is 35.2 Å². The van der Waals surface area contributed by atoms with Crippen LogP contribution in [-0.4, -0.2) is 47.7 Å². The summed E-state index contributed by atoms with van der Waals surface area (Å²) in [7, 11) is -0.462. The van der Waals surface area contributed by atoms with Gasteiger partial charge in [-0.2, -0.15) is 5.10 Å². The molecule has 0 bridgehead atoms. The summed E-state index contributed by atoms with van der Waals surface area (Å²) in [4.78, 5) is 14.1. The maximum Gasteiger partial charge on any atom is 0.215 e.